The zero-order chi connectivity index (χ0) is 13.1. The number of benzene rings is 2. The van der Waals surface area contributed by atoms with Crippen molar-refractivity contribution in [2.45, 2.75) is 6.04 Å². The van der Waals surface area contributed by atoms with E-state index >= 15 is 0 Å². The van der Waals surface area contributed by atoms with Gasteiger partial charge in [0.1, 0.15) is 12.6 Å². The average Bonchev–Trinajstić information content (AvgIpc) is 2.98. The molecule has 0 N–H and O–H groups in total. The summed E-state index contributed by atoms with van der Waals surface area (Å²) in [4.78, 5) is 16.5. The fourth-order valence-electron chi connectivity index (χ4n) is 2.06. The van der Waals surface area contributed by atoms with Crippen LogP contribution < -0.4 is 0 Å². The predicted molar refractivity (Wildman–Crippen MR) is 73.3 cm³/mol. The fourth-order valence-corrected chi connectivity index (χ4v) is 2.06. The molecule has 0 bridgehead atoms. The Balaban J connectivity index is 1.82. The van der Waals surface area contributed by atoms with Crippen molar-refractivity contribution in [3.63, 3.8) is 0 Å². The fraction of sp³-hybridized carbons (Fsp3) is 0.125. The molecule has 0 radical (unpaired) electrons. The van der Waals surface area contributed by atoms with Gasteiger partial charge in [-0.3, -0.25) is 4.79 Å². The Hall–Kier alpha value is -2.42. The van der Waals surface area contributed by atoms with Gasteiger partial charge in [-0.1, -0.05) is 60.7 Å². The molecule has 0 amide bonds. The van der Waals surface area contributed by atoms with Crippen molar-refractivity contribution in [2.75, 3.05) is 6.61 Å². The Morgan fingerprint density at radius 3 is 2.32 bits per heavy atom. The molecule has 2 aromatic rings. The van der Waals surface area contributed by atoms with Crippen LogP contribution in [0.2, 0.25) is 0 Å². The number of rotatable bonds is 3. The number of hydrogen-bond donors (Lipinski definition) is 0. The monoisotopic (exact) mass is 251 g/mol. The minimum absolute atomic E-state index is 0.0798. The molecule has 3 heteroatoms. The van der Waals surface area contributed by atoms with Gasteiger partial charge in [0, 0.05) is 5.56 Å². The van der Waals surface area contributed by atoms with E-state index < -0.39 is 0 Å². The van der Waals surface area contributed by atoms with Crippen molar-refractivity contribution in [3.8, 4) is 0 Å². The molecule has 94 valence electrons. The number of hydrogen-bond acceptors (Lipinski definition) is 3. The van der Waals surface area contributed by atoms with Crippen LogP contribution in [0.3, 0.4) is 0 Å². The summed E-state index contributed by atoms with van der Waals surface area (Å²) in [5, 5.41) is 0. The molecule has 0 saturated carbocycles. The third kappa shape index (κ3) is 2.40. The summed E-state index contributed by atoms with van der Waals surface area (Å²) in [5.74, 6) is 0.0547. The SMILES string of the molecule is O=C(C1=N[C@H](c2ccccc2)CO1)c1ccccc1. The van der Waals surface area contributed by atoms with E-state index in [0.717, 1.165) is 5.56 Å². The van der Waals surface area contributed by atoms with Gasteiger partial charge >= 0.3 is 0 Å². The number of carbonyl (C=O) groups is 1. The maximum atomic E-state index is 12.2. The Morgan fingerprint density at radius 1 is 1.00 bits per heavy atom. The lowest BCUT2D eigenvalue weighted by molar-refractivity contribution is 0.103. The van der Waals surface area contributed by atoms with E-state index in [4.69, 9.17) is 4.74 Å². The van der Waals surface area contributed by atoms with E-state index in [-0.39, 0.29) is 17.7 Å². The van der Waals surface area contributed by atoms with Crippen molar-refractivity contribution < 1.29 is 9.53 Å². The van der Waals surface area contributed by atoms with Gasteiger partial charge in [-0.25, -0.2) is 4.99 Å². The normalized spacial score (nSPS) is 17.7. The highest BCUT2D eigenvalue weighted by Gasteiger charge is 2.25. The van der Waals surface area contributed by atoms with Crippen molar-refractivity contribution in [1.29, 1.82) is 0 Å². The molecule has 2 aromatic carbocycles. The van der Waals surface area contributed by atoms with Gasteiger partial charge in [-0.05, 0) is 5.56 Å². The lowest BCUT2D eigenvalue weighted by atomic mass is 10.1. The third-order valence-corrected chi connectivity index (χ3v) is 3.07. The molecule has 1 atom stereocenters. The number of ketones is 1. The largest absolute Gasteiger partial charge is 0.472 e. The summed E-state index contributed by atoms with van der Waals surface area (Å²) in [6, 6.07) is 18.9. The predicted octanol–water partition coefficient (Wildman–Crippen LogP) is 3.04. The smallest absolute Gasteiger partial charge is 0.259 e. The number of carbonyl (C=O) groups excluding carboxylic acids is 1. The standard InChI is InChI=1S/C16H13NO2/c18-15(13-9-5-2-6-10-13)16-17-14(11-19-16)12-7-3-1-4-8-12/h1-10,14H,11H2/t14-/m0/s1. The van der Waals surface area contributed by atoms with Crippen LogP contribution in [0, 0.1) is 0 Å². The third-order valence-electron chi connectivity index (χ3n) is 3.07. The van der Waals surface area contributed by atoms with Gasteiger partial charge in [-0.15, -0.1) is 0 Å². The van der Waals surface area contributed by atoms with Crippen molar-refractivity contribution in [2.24, 2.45) is 4.99 Å². The number of aliphatic imine (C=N–C) groups is 1. The maximum absolute atomic E-state index is 12.2. The highest BCUT2D eigenvalue weighted by atomic mass is 16.5. The van der Waals surface area contributed by atoms with Gasteiger partial charge < -0.3 is 4.74 Å². The van der Waals surface area contributed by atoms with E-state index in [9.17, 15) is 4.79 Å². The summed E-state index contributed by atoms with van der Waals surface area (Å²) in [7, 11) is 0. The molecule has 3 rings (SSSR count). The van der Waals surface area contributed by atoms with Crippen molar-refractivity contribution in [3.05, 3.63) is 71.8 Å². The zero-order valence-corrected chi connectivity index (χ0v) is 10.3. The first-order valence-electron chi connectivity index (χ1n) is 6.20. The topological polar surface area (TPSA) is 38.7 Å². The van der Waals surface area contributed by atoms with Crippen molar-refractivity contribution in [1.82, 2.24) is 0 Å². The second-order valence-corrected chi connectivity index (χ2v) is 4.37. The van der Waals surface area contributed by atoms with Crippen LogP contribution in [0.25, 0.3) is 0 Å². The van der Waals surface area contributed by atoms with Crippen LogP contribution in [-0.4, -0.2) is 18.3 Å². The molecular formula is C16H13NO2. The Kier molecular flexibility index (Phi) is 3.11. The summed E-state index contributed by atoms with van der Waals surface area (Å²) < 4.78 is 5.44. The molecule has 0 aromatic heterocycles. The van der Waals surface area contributed by atoms with Crippen LogP contribution in [0.15, 0.2) is 65.7 Å². The van der Waals surface area contributed by atoms with Crippen LogP contribution in [-0.2, 0) is 4.74 Å². The lowest BCUT2D eigenvalue weighted by Gasteiger charge is -2.03. The van der Waals surface area contributed by atoms with Crippen LogP contribution >= 0.6 is 0 Å². The van der Waals surface area contributed by atoms with E-state index in [1.54, 1.807) is 12.1 Å². The quantitative estimate of drug-likeness (QED) is 0.786. The maximum Gasteiger partial charge on any atom is 0.259 e. The van der Waals surface area contributed by atoms with Crippen LogP contribution in [0.5, 0.6) is 0 Å². The number of ether oxygens (including phenoxy) is 1. The molecule has 1 aliphatic heterocycles. The second-order valence-electron chi connectivity index (χ2n) is 4.37. The van der Waals surface area contributed by atoms with E-state index in [0.29, 0.717) is 12.2 Å². The number of nitrogens with zero attached hydrogens (tertiary/aromatic N) is 1. The van der Waals surface area contributed by atoms with Crippen LogP contribution in [0.4, 0.5) is 0 Å². The van der Waals surface area contributed by atoms with Gasteiger partial charge in [0.2, 0.25) is 5.78 Å². The first kappa shape index (κ1) is 11.7. The zero-order valence-electron chi connectivity index (χ0n) is 10.3. The molecular weight excluding hydrogens is 238 g/mol. The summed E-state index contributed by atoms with van der Waals surface area (Å²) in [6.07, 6.45) is 0. The molecule has 3 nitrogen and oxygen atoms in total. The first-order chi connectivity index (χ1) is 9.34. The molecule has 1 heterocycles. The highest BCUT2D eigenvalue weighted by Crippen LogP contribution is 2.23. The Labute approximate surface area is 111 Å². The highest BCUT2D eigenvalue weighted by molar-refractivity contribution is 6.43. The molecule has 0 aliphatic carbocycles. The summed E-state index contributed by atoms with van der Waals surface area (Å²) in [6.45, 7) is 0.428. The summed E-state index contributed by atoms with van der Waals surface area (Å²) in [5.41, 5.74) is 1.67. The van der Waals surface area contributed by atoms with Crippen molar-refractivity contribution >= 4 is 11.7 Å². The number of Topliss-reactive ketones (excluding diaryl/α,β-unsaturated/α-hetero) is 1. The van der Waals surface area contributed by atoms with E-state index in [2.05, 4.69) is 4.99 Å². The molecule has 0 unspecified atom stereocenters. The Bertz CT molecular complexity index is 605. The lowest BCUT2D eigenvalue weighted by Crippen LogP contribution is -2.14. The molecule has 0 saturated heterocycles. The van der Waals surface area contributed by atoms with E-state index in [1.165, 1.54) is 0 Å². The first-order valence-corrected chi connectivity index (χ1v) is 6.20. The average molecular weight is 251 g/mol. The van der Waals surface area contributed by atoms with Gasteiger partial charge in [-0.2, -0.15) is 0 Å². The van der Waals surface area contributed by atoms with Gasteiger partial charge in [0.25, 0.3) is 5.90 Å². The molecule has 0 spiro atoms. The Morgan fingerprint density at radius 2 is 1.63 bits per heavy atom. The van der Waals surface area contributed by atoms with Crippen LogP contribution in [0.1, 0.15) is 22.0 Å². The molecule has 0 fully saturated rings. The van der Waals surface area contributed by atoms with Gasteiger partial charge in [0.05, 0.1) is 0 Å². The van der Waals surface area contributed by atoms with E-state index in [1.807, 2.05) is 48.5 Å². The minimum Gasteiger partial charge on any atom is -0.472 e. The van der Waals surface area contributed by atoms with Gasteiger partial charge in [0.15, 0.2) is 0 Å². The minimum atomic E-state index is -0.154. The molecule has 1 aliphatic rings. The molecule has 19 heavy (non-hydrogen) atoms. The summed E-state index contributed by atoms with van der Waals surface area (Å²) >= 11 is 0. The second kappa shape index (κ2) is 5.06.